The Kier molecular flexibility index (Phi) is 8.63. The molecule has 1 aromatic heterocycles. The van der Waals surface area contributed by atoms with Crippen molar-refractivity contribution in [1.82, 2.24) is 15.1 Å². The van der Waals surface area contributed by atoms with Gasteiger partial charge in [-0.1, -0.05) is 36.8 Å². The first kappa shape index (κ1) is 24.9. The summed E-state index contributed by atoms with van der Waals surface area (Å²) in [5.41, 5.74) is 9.44. The van der Waals surface area contributed by atoms with E-state index in [0.717, 1.165) is 16.0 Å². The molecule has 0 radical (unpaired) electrons. The Bertz CT molecular complexity index is 1130. The number of hydrogen-bond acceptors (Lipinski definition) is 7. The summed E-state index contributed by atoms with van der Waals surface area (Å²) in [7, 11) is -2.88. The van der Waals surface area contributed by atoms with Gasteiger partial charge in [-0.05, 0) is 38.1 Å². The number of nitrogens with zero attached hydrogens (tertiary/aromatic N) is 2. The van der Waals surface area contributed by atoms with Crippen molar-refractivity contribution in [3.63, 3.8) is 0 Å². The summed E-state index contributed by atoms with van der Waals surface area (Å²) in [4.78, 5) is 22.3. The van der Waals surface area contributed by atoms with Crippen LogP contribution in [0.15, 0.2) is 59.6 Å². The number of hydrogen-bond donors (Lipinski definition) is 3. The van der Waals surface area contributed by atoms with E-state index < -0.39 is 13.4 Å². The second-order valence-electron chi connectivity index (χ2n) is 7.21. The van der Waals surface area contributed by atoms with Crippen molar-refractivity contribution in [1.29, 1.82) is 0 Å². The maximum Gasteiger partial charge on any atom is 0.279 e. The van der Waals surface area contributed by atoms with Crippen LogP contribution in [0.4, 0.5) is 11.5 Å². The highest BCUT2D eigenvalue weighted by Crippen LogP contribution is 2.47. The molecule has 0 aliphatic carbocycles. The van der Waals surface area contributed by atoms with Gasteiger partial charge in [-0.25, -0.2) is 15.1 Å². The summed E-state index contributed by atoms with van der Waals surface area (Å²) in [5.74, 6) is -0.381. The standard InChI is InChI=1S/C23H28N5O3PS/c1-4-26-32(30,31-5-2)15-33-19-12-10-18(11-13-19)27-23(29)21-22(24)25-14-20(28-21)17-8-6-16(3)7-9-17/h6-14H,4-5,15H2,1-3H3,(H2,24,25)(H,26,30)(H,27,29). The van der Waals surface area contributed by atoms with Crippen LogP contribution < -0.4 is 16.1 Å². The lowest BCUT2D eigenvalue weighted by Gasteiger charge is -2.17. The molecule has 8 nitrogen and oxygen atoms in total. The number of carbonyl (C=O) groups is 1. The molecule has 3 aromatic rings. The predicted molar refractivity (Wildman–Crippen MR) is 135 cm³/mol. The highest BCUT2D eigenvalue weighted by Gasteiger charge is 2.21. The van der Waals surface area contributed by atoms with Crippen LogP contribution in [0.25, 0.3) is 11.3 Å². The first-order valence-electron chi connectivity index (χ1n) is 10.6. The molecule has 0 fully saturated rings. The van der Waals surface area contributed by atoms with E-state index in [1.54, 1.807) is 18.3 Å². The zero-order valence-corrected chi connectivity index (χ0v) is 20.6. The van der Waals surface area contributed by atoms with Gasteiger partial charge in [0.2, 0.25) is 0 Å². The van der Waals surface area contributed by atoms with E-state index in [-0.39, 0.29) is 11.5 Å². The van der Waals surface area contributed by atoms with Gasteiger partial charge >= 0.3 is 0 Å². The van der Waals surface area contributed by atoms with E-state index in [2.05, 4.69) is 20.4 Å². The molecular weight excluding hydrogens is 457 g/mol. The number of rotatable bonds is 10. The summed E-state index contributed by atoms with van der Waals surface area (Å²) in [5, 5.41) is 5.75. The molecule has 174 valence electrons. The number of thioether (sulfide) groups is 1. The van der Waals surface area contributed by atoms with Crippen LogP contribution in [0, 0.1) is 6.92 Å². The van der Waals surface area contributed by atoms with Gasteiger partial charge < -0.3 is 15.6 Å². The Morgan fingerprint density at radius 2 is 1.82 bits per heavy atom. The second-order valence-corrected chi connectivity index (χ2v) is 10.9. The van der Waals surface area contributed by atoms with Crippen LogP contribution in [-0.4, -0.2) is 34.5 Å². The fraction of sp³-hybridized carbons (Fsp3) is 0.261. The summed E-state index contributed by atoms with van der Waals surface area (Å²) >= 11 is 1.43. The third-order valence-electron chi connectivity index (χ3n) is 4.61. The monoisotopic (exact) mass is 485 g/mol. The molecule has 10 heteroatoms. The molecule has 2 aromatic carbocycles. The number of benzene rings is 2. The Hall–Kier alpha value is -2.71. The minimum Gasteiger partial charge on any atom is -0.382 e. The van der Waals surface area contributed by atoms with Crippen LogP contribution in [-0.2, 0) is 9.09 Å². The first-order valence-corrected chi connectivity index (χ1v) is 13.4. The summed E-state index contributed by atoms with van der Waals surface area (Å²) in [6.07, 6.45) is 1.55. The van der Waals surface area contributed by atoms with Crippen LogP contribution in [0.2, 0.25) is 0 Å². The van der Waals surface area contributed by atoms with Crippen molar-refractivity contribution in [3.8, 4) is 11.3 Å². The van der Waals surface area contributed by atoms with Crippen LogP contribution in [0.3, 0.4) is 0 Å². The van der Waals surface area contributed by atoms with Crippen molar-refractivity contribution in [2.45, 2.75) is 25.7 Å². The number of amides is 1. The van der Waals surface area contributed by atoms with Crippen molar-refractivity contribution < 1.29 is 13.9 Å². The molecule has 3 rings (SSSR count). The van der Waals surface area contributed by atoms with E-state index in [1.807, 2.05) is 57.2 Å². The fourth-order valence-electron chi connectivity index (χ4n) is 2.99. The summed E-state index contributed by atoms with van der Waals surface area (Å²) in [6.45, 7) is 6.66. The van der Waals surface area contributed by atoms with Gasteiger partial charge in [0.25, 0.3) is 13.4 Å². The number of nitrogens with one attached hydrogen (secondary N) is 2. The number of anilines is 2. The van der Waals surface area contributed by atoms with Crippen molar-refractivity contribution in [3.05, 3.63) is 66.0 Å². The molecule has 0 aliphatic heterocycles. The molecule has 0 bridgehead atoms. The summed E-state index contributed by atoms with van der Waals surface area (Å²) in [6, 6.07) is 15.0. The maximum absolute atomic E-state index is 12.8. The number of carbonyl (C=O) groups excluding carboxylic acids is 1. The molecule has 4 N–H and O–H groups in total. The maximum atomic E-state index is 12.8. The van der Waals surface area contributed by atoms with Gasteiger partial charge in [0.05, 0.1) is 24.0 Å². The Morgan fingerprint density at radius 3 is 2.45 bits per heavy atom. The van der Waals surface area contributed by atoms with Gasteiger partial charge in [-0.2, -0.15) is 0 Å². The third-order valence-corrected chi connectivity index (χ3v) is 8.57. The van der Waals surface area contributed by atoms with Gasteiger partial charge in [0, 0.05) is 22.7 Å². The number of nitrogen functional groups attached to an aromatic ring is 1. The Labute approximate surface area is 198 Å². The van der Waals surface area contributed by atoms with Gasteiger partial charge in [0.15, 0.2) is 11.5 Å². The zero-order valence-electron chi connectivity index (χ0n) is 18.9. The topological polar surface area (TPSA) is 119 Å². The number of aromatic nitrogens is 2. The van der Waals surface area contributed by atoms with Gasteiger partial charge in [-0.3, -0.25) is 9.36 Å². The normalized spacial score (nSPS) is 12.8. The van der Waals surface area contributed by atoms with Gasteiger partial charge in [0.1, 0.15) is 0 Å². The molecular formula is C23H28N5O3PS. The van der Waals surface area contributed by atoms with E-state index >= 15 is 0 Å². The molecule has 0 spiro atoms. The molecule has 0 saturated carbocycles. The SMILES string of the molecule is CCNP(=O)(CSc1ccc(NC(=O)c2nc(-c3ccc(C)cc3)cnc2N)cc1)OCC. The van der Waals surface area contributed by atoms with Gasteiger partial charge in [-0.15, -0.1) is 11.8 Å². The molecule has 1 heterocycles. The quantitative estimate of drug-likeness (QED) is 0.266. The first-order chi connectivity index (χ1) is 15.8. The lowest BCUT2D eigenvalue weighted by atomic mass is 10.1. The average molecular weight is 486 g/mol. The molecule has 0 aliphatic rings. The predicted octanol–water partition coefficient (Wildman–Crippen LogP) is 5.18. The van der Waals surface area contributed by atoms with Crippen molar-refractivity contribution in [2.24, 2.45) is 0 Å². The third kappa shape index (κ3) is 6.88. The van der Waals surface area contributed by atoms with Crippen molar-refractivity contribution in [2.75, 3.05) is 29.7 Å². The average Bonchev–Trinajstić information content (AvgIpc) is 2.80. The van der Waals surface area contributed by atoms with E-state index in [0.29, 0.717) is 30.0 Å². The molecule has 1 atom stereocenters. The highest BCUT2D eigenvalue weighted by molar-refractivity contribution is 8.04. The lowest BCUT2D eigenvalue weighted by Crippen LogP contribution is -2.17. The summed E-state index contributed by atoms with van der Waals surface area (Å²) < 4.78 is 18.1. The fourth-order valence-corrected chi connectivity index (χ4v) is 6.25. The highest BCUT2D eigenvalue weighted by atomic mass is 32.2. The second kappa shape index (κ2) is 11.4. The Balaban J connectivity index is 1.68. The number of nitrogens with two attached hydrogens (primary N) is 1. The molecule has 1 amide bonds. The smallest absolute Gasteiger partial charge is 0.279 e. The van der Waals surface area contributed by atoms with Crippen LogP contribution >= 0.6 is 19.3 Å². The van der Waals surface area contributed by atoms with Crippen LogP contribution in [0.1, 0.15) is 29.9 Å². The van der Waals surface area contributed by atoms with E-state index in [4.69, 9.17) is 10.3 Å². The zero-order chi connectivity index (χ0) is 23.8. The lowest BCUT2D eigenvalue weighted by molar-refractivity contribution is 0.102. The Morgan fingerprint density at radius 1 is 1.12 bits per heavy atom. The van der Waals surface area contributed by atoms with E-state index in [9.17, 15) is 9.36 Å². The van der Waals surface area contributed by atoms with E-state index in [1.165, 1.54) is 11.8 Å². The largest absolute Gasteiger partial charge is 0.382 e. The van der Waals surface area contributed by atoms with Crippen molar-refractivity contribution >= 4 is 36.7 Å². The molecule has 33 heavy (non-hydrogen) atoms. The minimum absolute atomic E-state index is 0.0608. The molecule has 1 unspecified atom stereocenters. The van der Waals surface area contributed by atoms with Crippen LogP contribution in [0.5, 0.6) is 0 Å². The number of aryl methyl sites for hydroxylation is 1. The minimum atomic E-state index is -2.88. The molecule has 0 saturated heterocycles.